The van der Waals surface area contributed by atoms with Crippen molar-refractivity contribution >= 4 is 11.6 Å². The van der Waals surface area contributed by atoms with Crippen molar-refractivity contribution in [3.05, 3.63) is 11.9 Å². The zero-order chi connectivity index (χ0) is 13.7. The van der Waals surface area contributed by atoms with Crippen LogP contribution in [-0.4, -0.2) is 29.6 Å². The van der Waals surface area contributed by atoms with Gasteiger partial charge in [0.05, 0.1) is 12.5 Å². The molecule has 102 valence electrons. The first kappa shape index (κ1) is 13.6. The quantitative estimate of drug-likeness (QED) is 0.880. The monoisotopic (exact) mass is 259 g/mol. The van der Waals surface area contributed by atoms with E-state index in [1.54, 1.807) is 0 Å². The molecule has 0 saturated heterocycles. The highest BCUT2D eigenvalue weighted by Gasteiger charge is 2.16. The van der Waals surface area contributed by atoms with E-state index in [0.29, 0.717) is 19.0 Å². The average molecular weight is 259 g/mol. The number of hydrogen-bond donors (Lipinski definition) is 1. The second-order valence-electron chi connectivity index (χ2n) is 5.11. The van der Waals surface area contributed by atoms with Crippen LogP contribution in [0.15, 0.2) is 6.07 Å². The van der Waals surface area contributed by atoms with Crippen LogP contribution in [-0.2, 0) is 0 Å². The second-order valence-corrected chi connectivity index (χ2v) is 5.11. The summed E-state index contributed by atoms with van der Waals surface area (Å²) in [5.41, 5.74) is 0. The molecule has 1 heterocycles. The fraction of sp³-hybridized carbons (Fsp3) is 0.643. The Kier molecular flexibility index (Phi) is 4.56. The van der Waals surface area contributed by atoms with Crippen LogP contribution in [0.4, 0.5) is 11.6 Å². The molecule has 1 fully saturated rings. The van der Waals surface area contributed by atoms with Crippen molar-refractivity contribution in [2.75, 3.05) is 23.8 Å². The van der Waals surface area contributed by atoms with Crippen LogP contribution in [0.3, 0.4) is 0 Å². The van der Waals surface area contributed by atoms with Crippen molar-refractivity contribution in [1.82, 2.24) is 9.97 Å². The van der Waals surface area contributed by atoms with Gasteiger partial charge in [-0.05, 0) is 19.8 Å². The SMILES string of the molecule is Cc1nc(NC2CCCC2)cc(N(C)CCC#N)n1. The van der Waals surface area contributed by atoms with E-state index in [0.717, 1.165) is 17.5 Å². The highest BCUT2D eigenvalue weighted by molar-refractivity contribution is 5.49. The van der Waals surface area contributed by atoms with Crippen LogP contribution in [0.25, 0.3) is 0 Å². The summed E-state index contributed by atoms with van der Waals surface area (Å²) in [5, 5.41) is 12.1. The van der Waals surface area contributed by atoms with E-state index in [1.165, 1.54) is 25.7 Å². The zero-order valence-electron chi connectivity index (χ0n) is 11.7. The molecule has 0 amide bonds. The van der Waals surface area contributed by atoms with Gasteiger partial charge in [0.2, 0.25) is 0 Å². The van der Waals surface area contributed by atoms with Crippen molar-refractivity contribution in [3.8, 4) is 6.07 Å². The van der Waals surface area contributed by atoms with Crippen molar-refractivity contribution in [1.29, 1.82) is 5.26 Å². The van der Waals surface area contributed by atoms with Gasteiger partial charge in [-0.2, -0.15) is 5.26 Å². The molecule has 0 aliphatic heterocycles. The maximum atomic E-state index is 8.64. The Hall–Kier alpha value is -1.83. The maximum Gasteiger partial charge on any atom is 0.134 e. The van der Waals surface area contributed by atoms with E-state index < -0.39 is 0 Å². The fourth-order valence-electron chi connectivity index (χ4n) is 2.43. The highest BCUT2D eigenvalue weighted by atomic mass is 15.2. The lowest BCUT2D eigenvalue weighted by atomic mass is 10.2. The third-order valence-corrected chi connectivity index (χ3v) is 3.48. The van der Waals surface area contributed by atoms with Crippen LogP contribution < -0.4 is 10.2 Å². The molecule has 0 unspecified atom stereocenters. The predicted octanol–water partition coefficient (Wildman–Crippen LogP) is 2.49. The second kappa shape index (κ2) is 6.37. The number of nitrogens with zero attached hydrogens (tertiary/aromatic N) is 4. The Labute approximate surface area is 114 Å². The molecule has 5 nitrogen and oxygen atoms in total. The van der Waals surface area contributed by atoms with Crippen molar-refractivity contribution < 1.29 is 0 Å². The largest absolute Gasteiger partial charge is 0.367 e. The van der Waals surface area contributed by atoms with Gasteiger partial charge in [0.25, 0.3) is 0 Å². The Bertz CT molecular complexity index is 459. The number of hydrogen-bond acceptors (Lipinski definition) is 5. The number of aromatic nitrogens is 2. The molecule has 1 N–H and O–H groups in total. The van der Waals surface area contributed by atoms with Crippen LogP contribution in [0.1, 0.15) is 37.9 Å². The normalized spacial score (nSPS) is 15.2. The minimum absolute atomic E-state index is 0.505. The molecule has 2 rings (SSSR count). The van der Waals surface area contributed by atoms with Gasteiger partial charge in [0.1, 0.15) is 17.5 Å². The molecule has 0 radical (unpaired) electrons. The summed E-state index contributed by atoms with van der Waals surface area (Å²) in [6.07, 6.45) is 5.56. The third-order valence-electron chi connectivity index (χ3n) is 3.48. The molecule has 1 aromatic rings. The first-order valence-electron chi connectivity index (χ1n) is 6.89. The average Bonchev–Trinajstić information content (AvgIpc) is 2.88. The van der Waals surface area contributed by atoms with Gasteiger partial charge in [0.15, 0.2) is 0 Å². The predicted molar refractivity (Wildman–Crippen MR) is 76.1 cm³/mol. The summed E-state index contributed by atoms with van der Waals surface area (Å²) in [6, 6.07) is 4.68. The lowest BCUT2D eigenvalue weighted by molar-refractivity contribution is 0.747. The van der Waals surface area contributed by atoms with E-state index in [4.69, 9.17) is 5.26 Å². The van der Waals surface area contributed by atoms with E-state index in [1.807, 2.05) is 24.9 Å². The molecule has 0 spiro atoms. The van der Waals surface area contributed by atoms with Gasteiger partial charge in [-0.3, -0.25) is 0 Å². The first-order valence-corrected chi connectivity index (χ1v) is 6.89. The Morgan fingerprint density at radius 1 is 1.42 bits per heavy atom. The van der Waals surface area contributed by atoms with Crippen LogP contribution >= 0.6 is 0 Å². The summed E-state index contributed by atoms with van der Waals surface area (Å²) in [7, 11) is 1.96. The van der Waals surface area contributed by atoms with Crippen LogP contribution in [0.5, 0.6) is 0 Å². The molecule has 1 aliphatic rings. The summed E-state index contributed by atoms with van der Waals surface area (Å²) in [6.45, 7) is 2.59. The lowest BCUT2D eigenvalue weighted by Gasteiger charge is -2.19. The molecule has 19 heavy (non-hydrogen) atoms. The highest BCUT2D eigenvalue weighted by Crippen LogP contribution is 2.23. The molecule has 1 saturated carbocycles. The van der Waals surface area contributed by atoms with Gasteiger partial charge in [-0.15, -0.1) is 0 Å². The van der Waals surface area contributed by atoms with Crippen LogP contribution in [0.2, 0.25) is 0 Å². The number of anilines is 2. The lowest BCUT2D eigenvalue weighted by Crippen LogP contribution is -2.21. The standard InChI is InChI=1S/C14H21N5/c1-11-16-13(18-12-6-3-4-7-12)10-14(17-11)19(2)9-5-8-15/h10,12H,3-7,9H2,1-2H3,(H,16,17,18). The van der Waals surface area contributed by atoms with Crippen molar-refractivity contribution in [3.63, 3.8) is 0 Å². The van der Waals surface area contributed by atoms with Gasteiger partial charge < -0.3 is 10.2 Å². The minimum Gasteiger partial charge on any atom is -0.367 e. The molecule has 0 aromatic carbocycles. The molecular formula is C14H21N5. The molecule has 1 aromatic heterocycles. The molecule has 0 bridgehead atoms. The first-order chi connectivity index (χ1) is 9.19. The minimum atomic E-state index is 0.505. The van der Waals surface area contributed by atoms with Crippen molar-refractivity contribution in [2.45, 2.75) is 45.1 Å². The fourth-order valence-corrected chi connectivity index (χ4v) is 2.43. The van der Waals surface area contributed by atoms with Gasteiger partial charge in [-0.25, -0.2) is 9.97 Å². The van der Waals surface area contributed by atoms with E-state index >= 15 is 0 Å². The van der Waals surface area contributed by atoms with E-state index in [9.17, 15) is 0 Å². The summed E-state index contributed by atoms with van der Waals surface area (Å²) < 4.78 is 0. The zero-order valence-corrected chi connectivity index (χ0v) is 11.7. The summed E-state index contributed by atoms with van der Waals surface area (Å²) in [4.78, 5) is 10.9. The molecule has 1 aliphatic carbocycles. The van der Waals surface area contributed by atoms with Crippen molar-refractivity contribution in [2.24, 2.45) is 0 Å². The number of aryl methyl sites for hydroxylation is 1. The number of nitriles is 1. The molecule has 0 atom stereocenters. The van der Waals surface area contributed by atoms with Gasteiger partial charge >= 0.3 is 0 Å². The smallest absolute Gasteiger partial charge is 0.134 e. The third kappa shape index (κ3) is 3.82. The van der Waals surface area contributed by atoms with Gasteiger partial charge in [0, 0.05) is 25.7 Å². The van der Waals surface area contributed by atoms with Crippen LogP contribution in [0, 0.1) is 18.3 Å². The number of nitrogens with one attached hydrogen (secondary N) is 1. The number of rotatable bonds is 5. The summed E-state index contributed by atoms with van der Waals surface area (Å²) >= 11 is 0. The molecule has 5 heteroatoms. The molecular weight excluding hydrogens is 238 g/mol. The Morgan fingerprint density at radius 3 is 2.84 bits per heavy atom. The Balaban J connectivity index is 2.07. The maximum absolute atomic E-state index is 8.64. The Morgan fingerprint density at radius 2 is 2.16 bits per heavy atom. The van der Waals surface area contributed by atoms with Gasteiger partial charge in [-0.1, -0.05) is 12.8 Å². The van der Waals surface area contributed by atoms with E-state index in [2.05, 4.69) is 21.4 Å². The van der Waals surface area contributed by atoms with E-state index in [-0.39, 0.29) is 0 Å². The summed E-state index contributed by atoms with van der Waals surface area (Å²) in [5.74, 6) is 2.54. The topological polar surface area (TPSA) is 64.8 Å².